The number of benzene rings is 2. The van der Waals surface area contributed by atoms with Crippen LogP contribution in [-0.4, -0.2) is 238 Å². The SMILES string of the molecule is CO[C@@H]1[C@H](O)C[C@@H](O[C@@H]2C[C@H](Oc3cc(O)c4c(O)c5c(cc4c3)C[C@@H]([C@H](OC)/C(=N/OCC(N)=O)[C@@H](O)[C@@H](C)O)[C@H](O[C@H]3C[C@@H](O[C@H]4C[C@@H](O[C@H]6C[C@](C)(O)[C@@H](OC(=O)C(C)C)[C@H](C)O6)[C@H](O)[C@@H](C)O4)[C@H](O)[C@@H](C)O3)C5=O)O[C@H](C)[C@@H]2OC(C)=O)O[C@@H]1C. The fraction of sp³-hybridized carbons (Fsp3) is 0.750. The second-order valence-corrected chi connectivity index (χ2v) is 24.5. The summed E-state index contributed by atoms with van der Waals surface area (Å²) in [5.41, 5.74) is 3.26. The van der Waals surface area contributed by atoms with E-state index in [1.165, 1.54) is 60.1 Å². The molecule has 5 saturated heterocycles. The van der Waals surface area contributed by atoms with E-state index in [0.717, 1.165) is 0 Å². The number of oxime groups is 1. The first-order valence-electron chi connectivity index (χ1n) is 30.0. The highest BCUT2D eigenvalue weighted by Gasteiger charge is 2.53. The number of hydrogen-bond donors (Lipinski definition) is 9. The number of ketones is 1. The van der Waals surface area contributed by atoms with Crippen LogP contribution in [0.4, 0.5) is 0 Å². The number of nitrogens with zero attached hydrogens (tertiary/aromatic N) is 1. The number of Topliss-reactive ketones (excluding diaryl/α,β-unsaturated/α-hetero) is 1. The van der Waals surface area contributed by atoms with Crippen molar-refractivity contribution in [1.29, 1.82) is 0 Å². The van der Waals surface area contributed by atoms with Crippen molar-refractivity contribution >= 4 is 40.1 Å². The standard InChI is InChI=1S/C60H88N2O27/c1-23(2)59(73)89-58-29(8)82-45(21-60(58,10)74)86-38-18-43(78-25(4)51(38)70)85-37-19-44(79-26(5)50(37)69)88-57-34(56(76-12)48(49(68)24(3)63)62-77-22-40(61)67)15-32-13-31-14-33(16-35(65)46(31)52(71)47(32)53(57)72)84-42-20-39(55(28(7)81-42)83-30(9)64)87-41-17-36(66)54(75-11)27(6)80-41/h13-14,16,23-29,34,36-39,41-45,49-51,54-58,63,65-66,68-71,74H,15,17-22H2,1-12H3,(H2,61,67)/b62-48+/t24-,25-,26-,27-,28-,29+,34+,36-,37-,38-,39-,41-,42+,43+,44+,45+,49+,50-,51-,54+,55+,56+,57+,58+,60+/m1/s1. The van der Waals surface area contributed by atoms with E-state index >= 15 is 4.79 Å². The van der Waals surface area contributed by atoms with Gasteiger partial charge in [0.25, 0.3) is 5.91 Å². The number of aliphatic hydroxyl groups excluding tert-OH is 5. The van der Waals surface area contributed by atoms with Gasteiger partial charge in [0.1, 0.15) is 71.3 Å². The molecule has 0 aromatic heterocycles. The Morgan fingerprint density at radius 3 is 1.88 bits per heavy atom. The maximum Gasteiger partial charge on any atom is 0.308 e. The second kappa shape index (κ2) is 29.3. The summed E-state index contributed by atoms with van der Waals surface area (Å²) in [5.74, 6) is -5.77. The topological polar surface area (TPSA) is 407 Å². The number of hydrogen-bond acceptors (Lipinski definition) is 28. The van der Waals surface area contributed by atoms with Crippen LogP contribution in [-0.2, 0) is 87.2 Å². The van der Waals surface area contributed by atoms with E-state index in [-0.39, 0.29) is 71.9 Å². The van der Waals surface area contributed by atoms with Crippen LogP contribution in [0, 0.1) is 11.8 Å². The zero-order valence-electron chi connectivity index (χ0n) is 52.0. The van der Waals surface area contributed by atoms with Gasteiger partial charge < -0.3 is 118 Å². The molecular formula is C60H88N2O27. The number of phenolic OH excluding ortho intramolecular Hbond substituents is 2. The molecule has 5 fully saturated rings. The Balaban J connectivity index is 1.06. The van der Waals surface area contributed by atoms with E-state index in [4.69, 9.17) is 76.9 Å². The highest BCUT2D eigenvalue weighted by Crippen LogP contribution is 2.46. The smallest absolute Gasteiger partial charge is 0.308 e. The molecule has 0 bridgehead atoms. The number of carbonyl (C=O) groups is 4. The number of phenols is 2. The number of primary amides is 1. The average molecular weight is 1270 g/mol. The lowest BCUT2D eigenvalue weighted by molar-refractivity contribution is -0.334. The summed E-state index contributed by atoms with van der Waals surface area (Å²) in [6, 6.07) is 4.20. The predicted octanol–water partition coefficient (Wildman–Crippen LogP) is 1.16. The number of ether oxygens (including phenoxy) is 14. The number of aromatic hydroxyl groups is 2. The highest BCUT2D eigenvalue weighted by molar-refractivity contribution is 6.11. The van der Waals surface area contributed by atoms with Gasteiger partial charge in [-0.3, -0.25) is 19.2 Å². The van der Waals surface area contributed by atoms with E-state index in [1.54, 1.807) is 41.5 Å². The van der Waals surface area contributed by atoms with E-state index in [9.17, 15) is 55.2 Å². The van der Waals surface area contributed by atoms with Crippen molar-refractivity contribution in [3.63, 3.8) is 0 Å². The van der Waals surface area contributed by atoms with Gasteiger partial charge in [-0.2, -0.15) is 0 Å². The molecule has 89 heavy (non-hydrogen) atoms. The number of amides is 1. The van der Waals surface area contributed by atoms with Gasteiger partial charge in [-0.25, -0.2) is 0 Å². The first-order chi connectivity index (χ1) is 41.9. The Kier molecular flexibility index (Phi) is 23.0. The van der Waals surface area contributed by atoms with Gasteiger partial charge in [0.15, 0.2) is 49.8 Å². The van der Waals surface area contributed by atoms with E-state index in [2.05, 4.69) is 5.16 Å². The number of carbonyl (C=O) groups excluding carboxylic acids is 4. The number of fused-ring (bicyclic) bond motifs is 2. The Labute approximate surface area is 514 Å². The molecule has 500 valence electrons. The molecule has 2 aromatic rings. The maximum absolute atomic E-state index is 15.4. The van der Waals surface area contributed by atoms with Crippen LogP contribution in [0.3, 0.4) is 0 Å². The minimum absolute atomic E-state index is 0.0330. The fourth-order valence-corrected chi connectivity index (χ4v) is 12.6. The third-order valence-corrected chi connectivity index (χ3v) is 17.1. The molecular weight excluding hydrogens is 1180 g/mol. The minimum atomic E-state index is -1.84. The average Bonchev–Trinajstić information content (AvgIpc) is 0.916. The third-order valence-electron chi connectivity index (χ3n) is 17.1. The zero-order valence-corrected chi connectivity index (χ0v) is 52.0. The van der Waals surface area contributed by atoms with E-state index < -0.39 is 200 Å². The predicted molar refractivity (Wildman–Crippen MR) is 304 cm³/mol. The quantitative estimate of drug-likeness (QED) is 0.0454. The van der Waals surface area contributed by atoms with Gasteiger partial charge in [-0.05, 0) is 78.0 Å². The molecule has 10 N–H and O–H groups in total. The van der Waals surface area contributed by atoms with Crippen LogP contribution in [0.2, 0.25) is 0 Å². The Bertz CT molecular complexity index is 2810. The summed E-state index contributed by atoms with van der Waals surface area (Å²) < 4.78 is 85.1. The molecule has 1 amide bonds. The Hall–Kier alpha value is -5.03. The van der Waals surface area contributed by atoms with Gasteiger partial charge in [-0.15, -0.1) is 0 Å². The maximum atomic E-state index is 15.4. The Morgan fingerprint density at radius 1 is 0.742 bits per heavy atom. The molecule has 29 heteroatoms. The molecule has 2 aromatic carbocycles. The summed E-state index contributed by atoms with van der Waals surface area (Å²) in [5, 5.41) is 95.3. The molecule has 1 aliphatic carbocycles. The third kappa shape index (κ3) is 16.1. The van der Waals surface area contributed by atoms with Crippen molar-refractivity contribution < 1.29 is 131 Å². The highest BCUT2D eigenvalue weighted by atomic mass is 16.7. The molecule has 5 heterocycles. The van der Waals surface area contributed by atoms with Crippen molar-refractivity contribution in [3.8, 4) is 17.2 Å². The van der Waals surface area contributed by atoms with Crippen LogP contribution in [0.1, 0.15) is 117 Å². The molecule has 0 saturated carbocycles. The number of nitrogens with two attached hydrogens (primary N) is 1. The molecule has 5 aliphatic heterocycles. The largest absolute Gasteiger partial charge is 0.507 e. The molecule has 0 radical (unpaired) electrons. The van der Waals surface area contributed by atoms with E-state index in [0.29, 0.717) is 0 Å². The molecule has 6 aliphatic rings. The summed E-state index contributed by atoms with van der Waals surface area (Å²) in [6.07, 6.45) is -26.0. The van der Waals surface area contributed by atoms with Crippen molar-refractivity contribution in [3.05, 3.63) is 29.3 Å². The van der Waals surface area contributed by atoms with Crippen molar-refractivity contribution in [2.45, 2.75) is 255 Å². The van der Waals surface area contributed by atoms with Crippen LogP contribution in [0.5, 0.6) is 17.2 Å². The minimum Gasteiger partial charge on any atom is -0.507 e. The lowest BCUT2D eigenvalue weighted by atomic mass is 9.74. The Morgan fingerprint density at radius 2 is 1.30 bits per heavy atom. The molecule has 0 spiro atoms. The van der Waals surface area contributed by atoms with Crippen LogP contribution in [0.15, 0.2) is 23.4 Å². The van der Waals surface area contributed by atoms with Gasteiger partial charge in [0.05, 0.1) is 71.8 Å². The monoisotopic (exact) mass is 1270 g/mol. The number of rotatable bonds is 22. The van der Waals surface area contributed by atoms with Crippen LogP contribution in [0.25, 0.3) is 10.8 Å². The number of methoxy groups -OCH3 is 2. The van der Waals surface area contributed by atoms with E-state index in [1.807, 2.05) is 0 Å². The van der Waals surface area contributed by atoms with Gasteiger partial charge in [0, 0.05) is 65.2 Å². The first kappa shape index (κ1) is 69.9. The van der Waals surface area contributed by atoms with Gasteiger partial charge in [0.2, 0.25) is 6.29 Å². The number of aliphatic hydroxyl groups is 6. The summed E-state index contributed by atoms with van der Waals surface area (Å²) >= 11 is 0. The molecule has 25 atom stereocenters. The van der Waals surface area contributed by atoms with Crippen molar-refractivity contribution in [2.75, 3.05) is 20.8 Å². The van der Waals surface area contributed by atoms with Gasteiger partial charge in [-0.1, -0.05) is 19.0 Å². The lowest BCUT2D eigenvalue weighted by Gasteiger charge is -2.47. The fourth-order valence-electron chi connectivity index (χ4n) is 12.6. The van der Waals surface area contributed by atoms with Crippen LogP contribution >= 0.6 is 0 Å². The molecule has 8 rings (SSSR count). The van der Waals surface area contributed by atoms with Gasteiger partial charge >= 0.3 is 11.9 Å². The number of esters is 2. The molecule has 0 unspecified atom stereocenters. The zero-order chi connectivity index (χ0) is 65.2. The van der Waals surface area contributed by atoms with Crippen LogP contribution < -0.4 is 10.5 Å². The van der Waals surface area contributed by atoms with Crippen molar-refractivity contribution in [2.24, 2.45) is 22.7 Å². The molecule has 29 nitrogen and oxygen atoms in total. The van der Waals surface area contributed by atoms with Crippen molar-refractivity contribution in [1.82, 2.24) is 0 Å². The summed E-state index contributed by atoms with van der Waals surface area (Å²) in [6.45, 7) is 14.7. The lowest BCUT2D eigenvalue weighted by Crippen LogP contribution is -2.59. The second-order valence-electron chi connectivity index (χ2n) is 24.5. The normalized spacial score (nSPS) is 38.1. The summed E-state index contributed by atoms with van der Waals surface area (Å²) in [7, 11) is 2.68. The summed E-state index contributed by atoms with van der Waals surface area (Å²) in [4.78, 5) is 57.2. The first-order valence-corrected chi connectivity index (χ1v) is 30.0.